The van der Waals surface area contributed by atoms with Gasteiger partial charge in [0.15, 0.2) is 0 Å². The molecule has 2 rings (SSSR count). The van der Waals surface area contributed by atoms with Gasteiger partial charge in [-0.2, -0.15) is 0 Å². The SMILES string of the molecule is [2H]C1(N[C@@H](CCCCN)C(=O)OCc2ccccc2)CCCCC1. The molecule has 1 atom stereocenters. The Morgan fingerprint density at radius 1 is 1.26 bits per heavy atom. The van der Waals surface area contributed by atoms with Crippen LogP contribution in [0.1, 0.15) is 58.3 Å². The first-order valence-electron chi connectivity index (χ1n) is 9.31. The fraction of sp³-hybridized carbons (Fsp3) is 0.632. The summed E-state index contributed by atoms with van der Waals surface area (Å²) in [4.78, 5) is 12.5. The second kappa shape index (κ2) is 10.4. The van der Waals surface area contributed by atoms with Crippen molar-refractivity contribution < 1.29 is 10.9 Å². The summed E-state index contributed by atoms with van der Waals surface area (Å²) in [7, 11) is 0. The van der Waals surface area contributed by atoms with E-state index in [9.17, 15) is 4.79 Å². The van der Waals surface area contributed by atoms with Crippen LogP contribution in [0.15, 0.2) is 30.3 Å². The van der Waals surface area contributed by atoms with E-state index in [2.05, 4.69) is 5.32 Å². The lowest BCUT2D eigenvalue weighted by Gasteiger charge is -2.27. The fourth-order valence-corrected chi connectivity index (χ4v) is 2.94. The number of esters is 1. The first-order chi connectivity index (χ1) is 11.6. The molecule has 0 bridgehead atoms. The van der Waals surface area contributed by atoms with E-state index in [1.165, 1.54) is 6.42 Å². The predicted molar refractivity (Wildman–Crippen MR) is 92.9 cm³/mol. The molecule has 0 radical (unpaired) electrons. The highest BCUT2D eigenvalue weighted by molar-refractivity contribution is 5.75. The topological polar surface area (TPSA) is 64.3 Å². The highest BCUT2D eigenvalue weighted by Crippen LogP contribution is 2.19. The average Bonchev–Trinajstić information content (AvgIpc) is 2.60. The van der Waals surface area contributed by atoms with Gasteiger partial charge in [0.05, 0.1) is 0 Å². The minimum absolute atomic E-state index is 0.256. The molecule has 1 aliphatic carbocycles. The minimum Gasteiger partial charge on any atom is -0.460 e. The van der Waals surface area contributed by atoms with E-state index >= 15 is 0 Å². The van der Waals surface area contributed by atoms with E-state index in [-0.39, 0.29) is 12.6 Å². The number of hydrogen-bond acceptors (Lipinski definition) is 4. The standard InChI is InChI=1S/C19H30N2O2/c20-14-8-7-13-18(21-17-11-5-2-6-12-17)19(22)23-15-16-9-3-1-4-10-16/h1,3-4,9-10,17-18,21H,2,5-8,11-15,20H2/t18-/m0/s1/i17D. The quantitative estimate of drug-likeness (QED) is 0.542. The summed E-state index contributed by atoms with van der Waals surface area (Å²) < 4.78 is 14.1. The number of nitrogens with two attached hydrogens (primary N) is 1. The number of carbonyl (C=O) groups excluding carboxylic acids is 1. The number of benzene rings is 1. The number of rotatable bonds is 9. The molecule has 128 valence electrons. The zero-order valence-corrected chi connectivity index (χ0v) is 13.9. The van der Waals surface area contributed by atoms with Gasteiger partial charge in [-0.15, -0.1) is 0 Å². The van der Waals surface area contributed by atoms with Gasteiger partial charge in [-0.1, -0.05) is 56.0 Å². The molecule has 3 N–H and O–H groups in total. The molecular weight excluding hydrogens is 288 g/mol. The zero-order chi connectivity index (χ0) is 17.3. The lowest BCUT2D eigenvalue weighted by Crippen LogP contribution is -2.45. The normalized spacial score (nSPS) is 18.9. The highest BCUT2D eigenvalue weighted by atomic mass is 16.5. The van der Waals surface area contributed by atoms with Gasteiger partial charge in [-0.3, -0.25) is 4.79 Å². The summed E-state index contributed by atoms with van der Waals surface area (Å²) in [6.07, 6.45) is 7.29. The number of carbonyl (C=O) groups is 1. The molecule has 0 aromatic heterocycles. The van der Waals surface area contributed by atoms with E-state index in [1.807, 2.05) is 30.3 Å². The third-order valence-electron chi connectivity index (χ3n) is 4.29. The molecule has 0 spiro atoms. The van der Waals surface area contributed by atoms with Gasteiger partial charge >= 0.3 is 5.97 Å². The second-order valence-corrected chi connectivity index (χ2v) is 6.24. The summed E-state index contributed by atoms with van der Waals surface area (Å²) in [6.45, 7) is 0.900. The molecule has 0 saturated heterocycles. The number of unbranched alkanes of at least 4 members (excludes halogenated alkanes) is 1. The monoisotopic (exact) mass is 319 g/mol. The van der Waals surface area contributed by atoms with E-state index in [0.29, 0.717) is 13.0 Å². The van der Waals surface area contributed by atoms with Gasteiger partial charge in [0, 0.05) is 7.39 Å². The molecule has 4 heteroatoms. The molecular formula is C19H30N2O2. The van der Waals surface area contributed by atoms with Crippen LogP contribution in [0.5, 0.6) is 0 Å². The van der Waals surface area contributed by atoms with Gasteiger partial charge in [-0.25, -0.2) is 0 Å². The third kappa shape index (κ3) is 6.71. The lowest BCUT2D eigenvalue weighted by molar-refractivity contribution is -0.148. The van der Waals surface area contributed by atoms with E-state index in [1.54, 1.807) is 0 Å². The summed E-state index contributed by atoms with van der Waals surface area (Å²) in [6, 6.07) is 8.57. The van der Waals surface area contributed by atoms with E-state index in [0.717, 1.165) is 44.1 Å². The van der Waals surface area contributed by atoms with Gasteiger partial charge in [0.2, 0.25) is 0 Å². The molecule has 0 amide bonds. The van der Waals surface area contributed by atoms with Crippen LogP contribution in [-0.2, 0) is 16.1 Å². The Balaban J connectivity index is 1.91. The number of hydrogen-bond donors (Lipinski definition) is 2. The third-order valence-corrected chi connectivity index (χ3v) is 4.29. The van der Waals surface area contributed by atoms with Crippen molar-refractivity contribution in [2.75, 3.05) is 6.54 Å². The molecule has 1 fully saturated rings. The van der Waals surface area contributed by atoms with Crippen molar-refractivity contribution in [3.05, 3.63) is 35.9 Å². The summed E-state index contributed by atoms with van der Waals surface area (Å²) in [5, 5.41) is 3.28. The van der Waals surface area contributed by atoms with Gasteiger partial charge in [-0.05, 0) is 37.8 Å². The van der Waals surface area contributed by atoms with Crippen LogP contribution in [0.2, 0.25) is 0 Å². The maximum Gasteiger partial charge on any atom is 0.323 e. The average molecular weight is 319 g/mol. The minimum atomic E-state index is -0.697. The van der Waals surface area contributed by atoms with Crippen LogP contribution in [0, 0.1) is 0 Å². The van der Waals surface area contributed by atoms with E-state index in [4.69, 9.17) is 11.8 Å². The molecule has 1 aromatic rings. The summed E-state index contributed by atoms with van der Waals surface area (Å²) in [5.74, 6) is -0.256. The first kappa shape index (κ1) is 16.5. The molecule has 0 unspecified atom stereocenters. The molecule has 23 heavy (non-hydrogen) atoms. The maximum atomic E-state index is 12.5. The number of nitrogens with one attached hydrogen (secondary N) is 1. The smallest absolute Gasteiger partial charge is 0.323 e. The van der Waals surface area contributed by atoms with Crippen molar-refractivity contribution in [1.29, 1.82) is 0 Å². The van der Waals surface area contributed by atoms with Crippen LogP contribution in [-0.4, -0.2) is 24.6 Å². The molecule has 0 aliphatic heterocycles. The summed E-state index contributed by atoms with van der Waals surface area (Å²) in [5.41, 5.74) is 6.54. The highest BCUT2D eigenvalue weighted by Gasteiger charge is 2.24. The second-order valence-electron chi connectivity index (χ2n) is 6.24. The molecule has 1 saturated carbocycles. The van der Waals surface area contributed by atoms with Crippen molar-refractivity contribution in [3.8, 4) is 0 Å². The lowest BCUT2D eigenvalue weighted by atomic mass is 9.94. The Kier molecular flexibility index (Phi) is 7.44. The Morgan fingerprint density at radius 3 is 2.70 bits per heavy atom. The fourth-order valence-electron chi connectivity index (χ4n) is 2.94. The Labute approximate surface area is 141 Å². The first-order valence-corrected chi connectivity index (χ1v) is 8.81. The van der Waals surface area contributed by atoms with Crippen LogP contribution in [0.3, 0.4) is 0 Å². The number of ether oxygens (including phenoxy) is 1. The van der Waals surface area contributed by atoms with Crippen LogP contribution < -0.4 is 11.1 Å². The van der Waals surface area contributed by atoms with Crippen molar-refractivity contribution in [3.63, 3.8) is 0 Å². The van der Waals surface area contributed by atoms with E-state index < -0.39 is 12.1 Å². The van der Waals surface area contributed by atoms with Crippen LogP contribution >= 0.6 is 0 Å². The maximum absolute atomic E-state index is 12.5. The Morgan fingerprint density at radius 2 is 2.00 bits per heavy atom. The molecule has 1 aromatic carbocycles. The Hall–Kier alpha value is -1.39. The van der Waals surface area contributed by atoms with Gasteiger partial charge in [0.1, 0.15) is 12.6 Å². The summed E-state index contributed by atoms with van der Waals surface area (Å²) >= 11 is 0. The molecule has 4 nitrogen and oxygen atoms in total. The van der Waals surface area contributed by atoms with Gasteiger partial charge in [0.25, 0.3) is 0 Å². The predicted octanol–water partition coefficient (Wildman–Crippen LogP) is 3.15. The van der Waals surface area contributed by atoms with Crippen LogP contribution in [0.4, 0.5) is 0 Å². The van der Waals surface area contributed by atoms with Gasteiger partial charge < -0.3 is 15.8 Å². The van der Waals surface area contributed by atoms with Crippen LogP contribution in [0.25, 0.3) is 0 Å². The van der Waals surface area contributed by atoms with Crippen molar-refractivity contribution >= 4 is 5.97 Å². The van der Waals surface area contributed by atoms with Crippen molar-refractivity contribution in [1.82, 2.24) is 5.32 Å². The molecule has 1 aliphatic rings. The largest absolute Gasteiger partial charge is 0.460 e. The van der Waals surface area contributed by atoms with Crippen molar-refractivity contribution in [2.45, 2.75) is 70.0 Å². The van der Waals surface area contributed by atoms with Crippen molar-refractivity contribution in [2.24, 2.45) is 5.73 Å². The zero-order valence-electron chi connectivity index (χ0n) is 14.9. The molecule has 0 heterocycles. The Bertz CT molecular complexity index is 489.